The molecule has 1 fully saturated rings. The average Bonchev–Trinajstić information content (AvgIpc) is 3.22. The number of nitro benzene ring substituents is 1. The van der Waals surface area contributed by atoms with Crippen LogP contribution in [0.2, 0.25) is 0 Å². The Bertz CT molecular complexity index is 707. The molecule has 1 heterocycles. The third-order valence-electron chi connectivity index (χ3n) is 3.09. The zero-order chi connectivity index (χ0) is 13.4. The molecule has 0 radical (unpaired) electrons. The Hall–Kier alpha value is -2.08. The maximum absolute atomic E-state index is 10.8. The molecule has 0 unspecified atom stereocenters. The van der Waals surface area contributed by atoms with E-state index in [0.717, 1.165) is 29.9 Å². The van der Waals surface area contributed by atoms with Gasteiger partial charge in [-0.2, -0.15) is 0 Å². The molecule has 0 spiro atoms. The van der Waals surface area contributed by atoms with Gasteiger partial charge in [0.15, 0.2) is 0 Å². The molecule has 2 aromatic rings. The van der Waals surface area contributed by atoms with Crippen LogP contribution in [-0.4, -0.2) is 14.9 Å². The summed E-state index contributed by atoms with van der Waals surface area (Å²) >= 11 is 5.15. The van der Waals surface area contributed by atoms with Gasteiger partial charge in [0.25, 0.3) is 5.69 Å². The molecule has 19 heavy (non-hydrogen) atoms. The van der Waals surface area contributed by atoms with Crippen molar-refractivity contribution < 1.29 is 4.92 Å². The Morgan fingerprint density at radius 2 is 2.16 bits per heavy atom. The highest BCUT2D eigenvalue weighted by Gasteiger charge is 2.26. The van der Waals surface area contributed by atoms with Crippen molar-refractivity contribution in [2.45, 2.75) is 18.8 Å². The summed E-state index contributed by atoms with van der Waals surface area (Å²) in [6.45, 7) is 0. The number of hydrogen-bond acceptors (Lipinski definition) is 4. The van der Waals surface area contributed by atoms with Gasteiger partial charge in [0.1, 0.15) is 10.5 Å². The highest BCUT2D eigenvalue weighted by atomic mass is 32.1. The minimum atomic E-state index is -0.402. The summed E-state index contributed by atoms with van der Waals surface area (Å²) in [5, 5.41) is 10.8. The summed E-state index contributed by atoms with van der Waals surface area (Å²) < 4.78 is 0.516. The molecule has 0 atom stereocenters. The summed E-state index contributed by atoms with van der Waals surface area (Å²) in [5.41, 5.74) is 1.61. The fourth-order valence-electron chi connectivity index (χ4n) is 1.97. The maximum Gasteiger partial charge on any atom is 0.270 e. The van der Waals surface area contributed by atoms with Crippen molar-refractivity contribution in [3.63, 3.8) is 0 Å². The zero-order valence-corrected chi connectivity index (χ0v) is 10.8. The predicted molar refractivity (Wildman–Crippen MR) is 73.5 cm³/mol. The predicted octanol–water partition coefficient (Wildman–Crippen LogP) is 3.59. The molecule has 0 amide bonds. The second-order valence-corrected chi connectivity index (χ2v) is 5.02. The standard InChI is InChI=1S/C13H11N3O2S/c17-16(18)10-3-1-2-9(6-10)11-7-12(19)15-13(14-11)8-4-5-8/h1-3,6-8H,4-5H2,(H,14,15,19). The number of aromatic nitrogens is 2. The van der Waals surface area contributed by atoms with Gasteiger partial charge in [-0.25, -0.2) is 4.98 Å². The van der Waals surface area contributed by atoms with Crippen LogP contribution in [0.15, 0.2) is 30.3 Å². The summed E-state index contributed by atoms with van der Waals surface area (Å²) in [6.07, 6.45) is 2.24. The van der Waals surface area contributed by atoms with Crippen LogP contribution in [0.1, 0.15) is 24.6 Å². The summed E-state index contributed by atoms with van der Waals surface area (Å²) in [4.78, 5) is 17.9. The minimum Gasteiger partial charge on any atom is -0.343 e. The number of nitro groups is 1. The summed E-state index contributed by atoms with van der Waals surface area (Å²) in [6, 6.07) is 8.24. The van der Waals surface area contributed by atoms with Crippen molar-refractivity contribution in [3.05, 3.63) is 50.9 Å². The molecule has 1 aliphatic carbocycles. The molecule has 0 bridgehead atoms. The van der Waals surface area contributed by atoms with Gasteiger partial charge in [0.05, 0.1) is 4.92 Å². The molecule has 5 nitrogen and oxygen atoms in total. The van der Waals surface area contributed by atoms with Gasteiger partial charge in [0, 0.05) is 29.3 Å². The summed E-state index contributed by atoms with van der Waals surface area (Å²) in [5.74, 6) is 1.34. The van der Waals surface area contributed by atoms with Gasteiger partial charge in [0.2, 0.25) is 0 Å². The van der Waals surface area contributed by atoms with Crippen molar-refractivity contribution in [2.24, 2.45) is 0 Å². The monoisotopic (exact) mass is 273 g/mol. The normalized spacial score (nSPS) is 14.3. The summed E-state index contributed by atoms with van der Waals surface area (Å²) in [7, 11) is 0. The molecule has 1 saturated carbocycles. The molecule has 3 rings (SSSR count). The van der Waals surface area contributed by atoms with E-state index in [1.807, 2.05) is 6.07 Å². The van der Waals surface area contributed by atoms with Crippen LogP contribution in [0.25, 0.3) is 11.3 Å². The van der Waals surface area contributed by atoms with Crippen LogP contribution in [0.5, 0.6) is 0 Å². The van der Waals surface area contributed by atoms with E-state index in [0.29, 0.717) is 10.6 Å². The van der Waals surface area contributed by atoms with E-state index < -0.39 is 4.92 Å². The number of nitrogens with one attached hydrogen (secondary N) is 1. The van der Waals surface area contributed by atoms with Crippen LogP contribution < -0.4 is 0 Å². The van der Waals surface area contributed by atoms with Crippen molar-refractivity contribution >= 4 is 17.9 Å². The maximum atomic E-state index is 10.8. The first-order valence-corrected chi connectivity index (χ1v) is 6.40. The fraction of sp³-hybridized carbons (Fsp3) is 0.231. The van der Waals surface area contributed by atoms with Crippen LogP contribution in [0, 0.1) is 14.8 Å². The Labute approximate surface area is 114 Å². The fourth-order valence-corrected chi connectivity index (χ4v) is 2.19. The third kappa shape index (κ3) is 2.53. The van der Waals surface area contributed by atoms with E-state index in [4.69, 9.17) is 12.2 Å². The highest BCUT2D eigenvalue weighted by Crippen LogP contribution is 2.38. The Morgan fingerprint density at radius 3 is 2.84 bits per heavy atom. The lowest BCUT2D eigenvalue weighted by Gasteiger charge is -2.05. The average molecular weight is 273 g/mol. The minimum absolute atomic E-state index is 0.0709. The lowest BCUT2D eigenvalue weighted by molar-refractivity contribution is -0.384. The molecule has 1 aromatic carbocycles. The molecule has 0 saturated heterocycles. The van der Waals surface area contributed by atoms with E-state index in [-0.39, 0.29) is 5.69 Å². The van der Waals surface area contributed by atoms with Crippen molar-refractivity contribution in [2.75, 3.05) is 0 Å². The number of nitrogens with zero attached hydrogens (tertiary/aromatic N) is 2. The van der Waals surface area contributed by atoms with E-state index in [2.05, 4.69) is 9.97 Å². The SMILES string of the molecule is O=[N+]([O-])c1cccc(-c2cc(=S)nc(C3CC3)[nH]2)c1. The number of non-ortho nitro benzene ring substituents is 1. The third-order valence-corrected chi connectivity index (χ3v) is 3.30. The van der Waals surface area contributed by atoms with Crippen molar-refractivity contribution in [3.8, 4) is 11.3 Å². The van der Waals surface area contributed by atoms with Gasteiger partial charge >= 0.3 is 0 Å². The van der Waals surface area contributed by atoms with E-state index >= 15 is 0 Å². The second-order valence-electron chi connectivity index (χ2n) is 4.60. The zero-order valence-electron chi connectivity index (χ0n) is 10.00. The van der Waals surface area contributed by atoms with Crippen molar-refractivity contribution in [1.82, 2.24) is 9.97 Å². The van der Waals surface area contributed by atoms with Crippen molar-refractivity contribution in [1.29, 1.82) is 0 Å². The van der Waals surface area contributed by atoms with Gasteiger partial charge < -0.3 is 4.98 Å². The molecule has 1 aromatic heterocycles. The van der Waals surface area contributed by atoms with Gasteiger partial charge in [-0.3, -0.25) is 10.1 Å². The molecule has 1 aliphatic rings. The highest BCUT2D eigenvalue weighted by molar-refractivity contribution is 7.71. The van der Waals surface area contributed by atoms with Gasteiger partial charge in [-0.05, 0) is 18.9 Å². The van der Waals surface area contributed by atoms with Gasteiger partial charge in [-0.15, -0.1) is 0 Å². The van der Waals surface area contributed by atoms with Crippen LogP contribution in [0.4, 0.5) is 5.69 Å². The molecular weight excluding hydrogens is 262 g/mol. The number of aromatic amines is 1. The number of hydrogen-bond donors (Lipinski definition) is 1. The van der Waals surface area contributed by atoms with Crippen LogP contribution in [0.3, 0.4) is 0 Å². The smallest absolute Gasteiger partial charge is 0.270 e. The first kappa shape index (κ1) is 12.0. The van der Waals surface area contributed by atoms with E-state index in [9.17, 15) is 10.1 Å². The van der Waals surface area contributed by atoms with Crippen LogP contribution in [-0.2, 0) is 0 Å². The van der Waals surface area contributed by atoms with E-state index in [1.165, 1.54) is 12.1 Å². The first-order valence-electron chi connectivity index (χ1n) is 5.99. The first-order chi connectivity index (χ1) is 9.13. The Balaban J connectivity index is 2.08. The number of benzene rings is 1. The Morgan fingerprint density at radius 1 is 1.37 bits per heavy atom. The number of rotatable bonds is 3. The topological polar surface area (TPSA) is 71.8 Å². The molecule has 6 heteroatoms. The molecule has 1 N–H and O–H groups in total. The Kier molecular flexibility index (Phi) is 2.87. The molecule has 0 aliphatic heterocycles. The number of H-pyrrole nitrogens is 1. The van der Waals surface area contributed by atoms with Gasteiger partial charge in [-0.1, -0.05) is 24.4 Å². The quantitative estimate of drug-likeness (QED) is 0.527. The lowest BCUT2D eigenvalue weighted by atomic mass is 10.1. The molecular formula is C13H11N3O2S. The second kappa shape index (κ2) is 4.55. The largest absolute Gasteiger partial charge is 0.343 e. The van der Waals surface area contributed by atoms with Crippen LogP contribution >= 0.6 is 12.2 Å². The van der Waals surface area contributed by atoms with E-state index in [1.54, 1.807) is 12.1 Å². The molecule has 96 valence electrons. The lowest BCUT2D eigenvalue weighted by Crippen LogP contribution is -1.96.